The highest BCUT2D eigenvalue weighted by Gasteiger charge is 2.34. The highest BCUT2D eigenvalue weighted by molar-refractivity contribution is 5.82. The number of nitrogens with zero attached hydrogens (tertiary/aromatic N) is 3. The molecule has 1 aliphatic heterocycles. The second-order valence-corrected chi connectivity index (χ2v) is 10.0. The first-order valence-corrected chi connectivity index (χ1v) is 9.78. The molecule has 25 heavy (non-hydrogen) atoms. The zero-order valence-corrected chi connectivity index (χ0v) is 18.0. The van der Waals surface area contributed by atoms with E-state index in [0.29, 0.717) is 6.54 Å². The van der Waals surface area contributed by atoms with Crippen LogP contribution >= 0.6 is 0 Å². The van der Waals surface area contributed by atoms with Crippen molar-refractivity contribution in [2.45, 2.75) is 72.9 Å². The Labute approximate surface area is 155 Å². The van der Waals surface area contributed by atoms with Gasteiger partial charge in [-0.05, 0) is 54.5 Å². The van der Waals surface area contributed by atoms with E-state index in [4.69, 9.17) is 5.73 Å². The zero-order valence-electron chi connectivity index (χ0n) is 18.0. The molecule has 2 N–H and O–H groups in total. The molecule has 1 heterocycles. The van der Waals surface area contributed by atoms with E-state index < -0.39 is 0 Å². The van der Waals surface area contributed by atoms with Crippen LogP contribution in [-0.2, 0) is 4.79 Å². The molecule has 0 aliphatic carbocycles. The third kappa shape index (κ3) is 6.54. The molecule has 1 fully saturated rings. The van der Waals surface area contributed by atoms with Gasteiger partial charge in [0, 0.05) is 55.8 Å². The first kappa shape index (κ1) is 22.4. The maximum absolute atomic E-state index is 13.1. The standard InChI is InChI=1S/C20H42N4O/c1-18(2,3)23-13-11-22(17(25)20(7,8)9-10-21)12-14-24(16-15-23)19(4,5)6/h9-16,21H2,1-8H3. The second kappa shape index (κ2) is 8.36. The molecule has 5 heteroatoms. The van der Waals surface area contributed by atoms with E-state index in [0.717, 1.165) is 45.7 Å². The van der Waals surface area contributed by atoms with E-state index in [1.54, 1.807) is 0 Å². The Bertz CT molecular complexity index is 408. The first-order valence-electron chi connectivity index (χ1n) is 9.78. The van der Waals surface area contributed by atoms with Crippen molar-refractivity contribution in [3.8, 4) is 0 Å². The molecule has 1 rings (SSSR count). The SMILES string of the molecule is CC(C)(CCN)C(=O)N1CCN(C(C)(C)C)CCN(C(C)(C)C)CC1. The summed E-state index contributed by atoms with van der Waals surface area (Å²) in [6, 6.07) is 0. The van der Waals surface area contributed by atoms with Gasteiger partial charge < -0.3 is 10.6 Å². The van der Waals surface area contributed by atoms with Crippen LogP contribution in [0.15, 0.2) is 0 Å². The topological polar surface area (TPSA) is 52.8 Å². The monoisotopic (exact) mass is 354 g/mol. The molecule has 0 aromatic rings. The lowest BCUT2D eigenvalue weighted by atomic mass is 9.87. The Morgan fingerprint density at radius 3 is 1.44 bits per heavy atom. The number of hydrogen-bond donors (Lipinski definition) is 1. The van der Waals surface area contributed by atoms with Crippen molar-refractivity contribution in [1.82, 2.24) is 14.7 Å². The molecule has 0 bridgehead atoms. The molecule has 1 saturated heterocycles. The molecule has 0 aromatic carbocycles. The molecule has 0 radical (unpaired) electrons. The fourth-order valence-corrected chi connectivity index (χ4v) is 3.50. The molecule has 0 atom stereocenters. The van der Waals surface area contributed by atoms with Crippen molar-refractivity contribution in [2.24, 2.45) is 11.1 Å². The minimum atomic E-state index is -0.387. The third-order valence-electron chi connectivity index (χ3n) is 5.45. The van der Waals surface area contributed by atoms with Crippen molar-refractivity contribution < 1.29 is 4.79 Å². The largest absolute Gasteiger partial charge is 0.340 e. The van der Waals surface area contributed by atoms with Crippen molar-refractivity contribution in [1.29, 1.82) is 0 Å². The summed E-state index contributed by atoms with van der Waals surface area (Å²) in [5.41, 5.74) is 5.56. The highest BCUT2D eigenvalue weighted by atomic mass is 16.2. The van der Waals surface area contributed by atoms with Crippen molar-refractivity contribution >= 4 is 5.91 Å². The number of carbonyl (C=O) groups excluding carboxylic acids is 1. The first-order chi connectivity index (χ1) is 11.3. The zero-order chi connectivity index (χ0) is 19.5. The highest BCUT2D eigenvalue weighted by Crippen LogP contribution is 2.24. The number of rotatable bonds is 3. The average molecular weight is 355 g/mol. The third-order valence-corrected chi connectivity index (χ3v) is 5.45. The minimum absolute atomic E-state index is 0.107. The van der Waals surface area contributed by atoms with E-state index in [9.17, 15) is 4.79 Å². The van der Waals surface area contributed by atoms with E-state index in [-0.39, 0.29) is 22.4 Å². The van der Waals surface area contributed by atoms with Crippen LogP contribution < -0.4 is 5.73 Å². The lowest BCUT2D eigenvalue weighted by molar-refractivity contribution is -0.141. The number of nitrogens with two attached hydrogens (primary N) is 1. The van der Waals surface area contributed by atoms with Crippen molar-refractivity contribution in [3.63, 3.8) is 0 Å². The Morgan fingerprint density at radius 1 is 0.760 bits per heavy atom. The van der Waals surface area contributed by atoms with Crippen molar-refractivity contribution in [3.05, 3.63) is 0 Å². The molecule has 5 nitrogen and oxygen atoms in total. The fraction of sp³-hybridized carbons (Fsp3) is 0.950. The van der Waals surface area contributed by atoms with E-state index in [1.807, 2.05) is 13.8 Å². The number of hydrogen-bond acceptors (Lipinski definition) is 4. The van der Waals surface area contributed by atoms with Gasteiger partial charge in [-0.1, -0.05) is 13.8 Å². The van der Waals surface area contributed by atoms with Crippen LogP contribution in [0.2, 0.25) is 0 Å². The summed E-state index contributed by atoms with van der Waals surface area (Å²) in [6.45, 7) is 23.7. The van der Waals surface area contributed by atoms with Crippen LogP contribution in [0.3, 0.4) is 0 Å². The molecule has 1 aliphatic rings. The summed E-state index contributed by atoms with van der Waals surface area (Å²) in [7, 11) is 0. The summed E-state index contributed by atoms with van der Waals surface area (Å²) >= 11 is 0. The van der Waals surface area contributed by atoms with E-state index in [1.165, 1.54) is 0 Å². The van der Waals surface area contributed by atoms with E-state index in [2.05, 4.69) is 56.2 Å². The molecule has 0 saturated carbocycles. The van der Waals surface area contributed by atoms with Crippen molar-refractivity contribution in [2.75, 3.05) is 45.8 Å². The van der Waals surface area contributed by atoms with Crippen LogP contribution in [0.4, 0.5) is 0 Å². The quantitative estimate of drug-likeness (QED) is 0.846. The van der Waals surface area contributed by atoms with Crippen LogP contribution in [0, 0.1) is 5.41 Å². The maximum atomic E-state index is 13.1. The van der Waals surface area contributed by atoms with Gasteiger partial charge >= 0.3 is 0 Å². The van der Waals surface area contributed by atoms with Crippen LogP contribution in [0.5, 0.6) is 0 Å². The number of amides is 1. The summed E-state index contributed by atoms with van der Waals surface area (Å²) in [6.07, 6.45) is 0.730. The van der Waals surface area contributed by atoms with Crippen LogP contribution in [0.25, 0.3) is 0 Å². The smallest absolute Gasteiger partial charge is 0.228 e. The van der Waals surface area contributed by atoms with Gasteiger partial charge in [0.05, 0.1) is 0 Å². The Morgan fingerprint density at radius 2 is 1.12 bits per heavy atom. The molecule has 0 aromatic heterocycles. The Kier molecular flexibility index (Phi) is 7.49. The summed E-state index contributed by atoms with van der Waals surface area (Å²) in [5, 5.41) is 0. The Balaban J connectivity index is 3.02. The van der Waals surface area contributed by atoms with Gasteiger partial charge in [-0.25, -0.2) is 0 Å². The molecular weight excluding hydrogens is 312 g/mol. The number of carbonyl (C=O) groups is 1. The van der Waals surface area contributed by atoms with Gasteiger partial charge in [-0.3, -0.25) is 14.6 Å². The molecule has 1 amide bonds. The molecule has 0 spiro atoms. The van der Waals surface area contributed by atoms with Gasteiger partial charge in [-0.15, -0.1) is 0 Å². The maximum Gasteiger partial charge on any atom is 0.228 e. The normalized spacial score (nSPS) is 20.1. The predicted octanol–water partition coefficient (Wildman–Crippen LogP) is 2.40. The molecular formula is C20H42N4O. The van der Waals surface area contributed by atoms with Gasteiger partial charge in [0.2, 0.25) is 5.91 Å². The van der Waals surface area contributed by atoms with Gasteiger partial charge in [0.25, 0.3) is 0 Å². The van der Waals surface area contributed by atoms with Gasteiger partial charge in [0.1, 0.15) is 0 Å². The fourth-order valence-electron chi connectivity index (χ4n) is 3.50. The minimum Gasteiger partial charge on any atom is -0.340 e. The second-order valence-electron chi connectivity index (χ2n) is 10.0. The average Bonchev–Trinajstić information content (AvgIpc) is 2.54. The lowest BCUT2D eigenvalue weighted by Crippen LogP contribution is -2.50. The van der Waals surface area contributed by atoms with Gasteiger partial charge in [0.15, 0.2) is 0 Å². The summed E-state index contributed by atoms with van der Waals surface area (Å²) < 4.78 is 0. The van der Waals surface area contributed by atoms with Gasteiger partial charge in [-0.2, -0.15) is 0 Å². The molecule has 148 valence electrons. The van der Waals surface area contributed by atoms with E-state index >= 15 is 0 Å². The predicted molar refractivity (Wildman–Crippen MR) is 107 cm³/mol. The van der Waals surface area contributed by atoms with Crippen LogP contribution in [-0.4, -0.2) is 77.5 Å². The summed E-state index contributed by atoms with van der Waals surface area (Å²) in [5.74, 6) is 0.238. The lowest BCUT2D eigenvalue weighted by Gasteiger charge is -2.39. The Hall–Kier alpha value is -0.650. The summed E-state index contributed by atoms with van der Waals surface area (Å²) in [4.78, 5) is 20.2. The van der Waals surface area contributed by atoms with Crippen LogP contribution in [0.1, 0.15) is 61.8 Å². The molecule has 0 unspecified atom stereocenters.